The van der Waals surface area contributed by atoms with Gasteiger partial charge >= 0.3 is 0 Å². The maximum atomic E-state index is 10.7. The van der Waals surface area contributed by atoms with Crippen molar-refractivity contribution in [2.45, 2.75) is 6.92 Å². The Balaban J connectivity index is 0.000000461. The number of carbonyl (C=O) groups excluding carboxylic acids is 1. The van der Waals surface area contributed by atoms with Crippen molar-refractivity contribution in [2.24, 2.45) is 0 Å². The lowest BCUT2D eigenvalue weighted by molar-refractivity contribution is 0.107. The van der Waals surface area contributed by atoms with Gasteiger partial charge in [0.2, 0.25) is 0 Å². The van der Waals surface area contributed by atoms with E-state index in [2.05, 4.69) is 16.9 Å². The van der Waals surface area contributed by atoms with Crippen LogP contribution in [0.25, 0.3) is 4.96 Å². The molecule has 2 heterocycles. The molecule has 0 saturated carbocycles. The van der Waals surface area contributed by atoms with E-state index in [1.54, 1.807) is 6.20 Å². The summed E-state index contributed by atoms with van der Waals surface area (Å²) in [5.41, 5.74) is 1.37. The average Bonchev–Trinajstić information content (AvgIpc) is 2.72. The number of nitrogens with zero attached hydrogens (tertiary/aromatic N) is 2. The van der Waals surface area contributed by atoms with Crippen molar-refractivity contribution in [1.82, 2.24) is 9.38 Å². The molecule has 0 atom stereocenters. The summed E-state index contributed by atoms with van der Waals surface area (Å²) in [5, 5.41) is 1.47. The molecule has 0 radical (unpaired) electrons. The first-order valence-corrected chi connectivity index (χ1v) is 5.08. The van der Waals surface area contributed by atoms with E-state index in [-0.39, 0.29) is 0 Å². The molecule has 0 spiro atoms. The summed E-state index contributed by atoms with van der Waals surface area (Å²) in [6.07, 6.45) is 1.65. The van der Waals surface area contributed by atoms with E-state index in [0.29, 0.717) is 5.69 Å². The quantitative estimate of drug-likeness (QED) is 0.793. The van der Waals surface area contributed by atoms with Gasteiger partial charge in [0.1, 0.15) is 5.69 Å². The van der Waals surface area contributed by atoms with Crippen LogP contribution in [0.4, 0.5) is 0 Å². The Labute approximate surface area is 93.9 Å². The van der Waals surface area contributed by atoms with Crippen LogP contribution in [0, 0.1) is 6.92 Å². The van der Waals surface area contributed by atoms with Gasteiger partial charge in [-0.1, -0.05) is 0 Å². The Hall–Kier alpha value is -0.620. The molecule has 0 aliphatic carbocycles. The third-order valence-electron chi connectivity index (χ3n) is 1.59. The predicted molar refractivity (Wildman–Crippen MR) is 56.1 cm³/mol. The Morgan fingerprint density at radius 2 is 2.29 bits per heavy atom. The van der Waals surface area contributed by atoms with Crippen molar-refractivity contribution in [3.63, 3.8) is 0 Å². The molecule has 4 nitrogen and oxygen atoms in total. The number of hydrogen-bond donors (Lipinski definition) is 1. The van der Waals surface area contributed by atoms with Gasteiger partial charge in [-0.3, -0.25) is 13.9 Å². The Morgan fingerprint density at radius 3 is 2.79 bits per heavy atom. The van der Waals surface area contributed by atoms with Crippen molar-refractivity contribution >= 4 is 45.0 Å². The fraction of sp³-hybridized carbons (Fsp3) is 0.143. The van der Waals surface area contributed by atoms with E-state index < -0.39 is 5.24 Å². The summed E-state index contributed by atoms with van der Waals surface area (Å²) >= 11 is 10.4. The maximum Gasteiger partial charge on any atom is 0.272 e. The summed E-state index contributed by atoms with van der Waals surface area (Å²) in [7, 11) is 0. The maximum absolute atomic E-state index is 10.7. The summed E-state index contributed by atoms with van der Waals surface area (Å²) in [6, 6.07) is 0. The molecule has 2 aromatic rings. The standard InChI is InChI=1S/C7H5ClN2OS.ClHO/c1-4-3-12-7-9-5(6(8)11)2-10(4)7;1-2/h2-3H,1H3;2H. The molecule has 14 heavy (non-hydrogen) atoms. The number of thiazole rings is 1. The van der Waals surface area contributed by atoms with Crippen LogP contribution in [0.1, 0.15) is 16.2 Å². The summed E-state index contributed by atoms with van der Waals surface area (Å²) < 4.78 is 8.32. The molecule has 0 unspecified atom stereocenters. The fourth-order valence-corrected chi connectivity index (χ4v) is 1.93. The van der Waals surface area contributed by atoms with Crippen LogP contribution in [0.2, 0.25) is 0 Å². The van der Waals surface area contributed by atoms with Crippen molar-refractivity contribution in [2.75, 3.05) is 0 Å². The zero-order valence-corrected chi connectivity index (χ0v) is 9.40. The van der Waals surface area contributed by atoms with Crippen LogP contribution in [0.3, 0.4) is 0 Å². The Morgan fingerprint density at radius 1 is 1.64 bits per heavy atom. The van der Waals surface area contributed by atoms with E-state index in [9.17, 15) is 4.79 Å². The molecule has 0 aromatic carbocycles. The van der Waals surface area contributed by atoms with Crippen molar-refractivity contribution in [3.05, 3.63) is 23.0 Å². The van der Waals surface area contributed by atoms with Crippen molar-refractivity contribution < 1.29 is 9.45 Å². The molecule has 76 valence electrons. The van der Waals surface area contributed by atoms with Crippen molar-refractivity contribution in [3.8, 4) is 0 Å². The third-order valence-corrected chi connectivity index (χ3v) is 2.74. The second-order valence-electron chi connectivity index (χ2n) is 2.43. The van der Waals surface area contributed by atoms with E-state index >= 15 is 0 Å². The van der Waals surface area contributed by atoms with Crippen LogP contribution >= 0.6 is 34.8 Å². The van der Waals surface area contributed by atoms with Gasteiger partial charge in [0.05, 0.1) is 11.9 Å². The highest BCUT2D eigenvalue weighted by molar-refractivity contribution is 7.15. The lowest BCUT2D eigenvalue weighted by Crippen LogP contribution is -1.86. The van der Waals surface area contributed by atoms with Gasteiger partial charge in [-0.2, -0.15) is 0 Å². The van der Waals surface area contributed by atoms with E-state index in [4.69, 9.17) is 16.3 Å². The molecular formula is C7H6Cl2N2O2S. The number of aryl methyl sites for hydroxylation is 1. The topological polar surface area (TPSA) is 54.6 Å². The lowest BCUT2D eigenvalue weighted by Gasteiger charge is -1.83. The SMILES string of the molecule is Cc1csc2nc(C(=O)Cl)cn12.OCl. The van der Waals surface area contributed by atoms with Crippen LogP contribution in [0.15, 0.2) is 11.6 Å². The summed E-state index contributed by atoms with van der Waals surface area (Å²) in [4.78, 5) is 15.6. The first-order valence-electron chi connectivity index (χ1n) is 3.48. The number of halogens is 2. The second-order valence-corrected chi connectivity index (χ2v) is 3.61. The number of hydrogen-bond acceptors (Lipinski definition) is 4. The van der Waals surface area contributed by atoms with Gasteiger partial charge in [-0.15, -0.1) is 11.3 Å². The highest BCUT2D eigenvalue weighted by Gasteiger charge is 2.09. The Bertz CT molecular complexity index is 451. The minimum atomic E-state index is -0.509. The predicted octanol–water partition coefficient (Wildman–Crippen LogP) is 2.22. The zero-order valence-electron chi connectivity index (χ0n) is 7.07. The average molecular weight is 253 g/mol. The highest BCUT2D eigenvalue weighted by Crippen LogP contribution is 2.16. The number of imidazole rings is 1. The summed E-state index contributed by atoms with van der Waals surface area (Å²) in [5.74, 6) is 0. The van der Waals surface area contributed by atoms with Crippen LogP contribution in [0.5, 0.6) is 0 Å². The molecule has 1 N–H and O–H groups in total. The normalized spacial score (nSPS) is 9.71. The number of aromatic nitrogens is 2. The van der Waals surface area contributed by atoms with Crippen LogP contribution in [-0.4, -0.2) is 19.3 Å². The minimum Gasteiger partial charge on any atom is -0.295 e. The first kappa shape index (κ1) is 11.5. The van der Waals surface area contributed by atoms with Crippen LogP contribution in [-0.2, 0) is 0 Å². The third kappa shape index (κ3) is 2.06. The summed E-state index contributed by atoms with van der Waals surface area (Å²) in [6.45, 7) is 1.95. The lowest BCUT2D eigenvalue weighted by atomic mass is 10.5. The Kier molecular flexibility index (Phi) is 3.88. The zero-order chi connectivity index (χ0) is 10.7. The number of rotatable bonds is 1. The van der Waals surface area contributed by atoms with Gasteiger partial charge in [-0.05, 0) is 18.5 Å². The molecule has 0 bridgehead atoms. The smallest absolute Gasteiger partial charge is 0.272 e. The van der Waals surface area contributed by atoms with E-state index in [1.807, 2.05) is 16.7 Å². The monoisotopic (exact) mass is 252 g/mol. The second kappa shape index (κ2) is 4.75. The van der Waals surface area contributed by atoms with Gasteiger partial charge in [0, 0.05) is 17.3 Å². The molecule has 0 fully saturated rings. The number of fused-ring (bicyclic) bond motifs is 1. The van der Waals surface area contributed by atoms with Crippen molar-refractivity contribution in [1.29, 1.82) is 0 Å². The van der Waals surface area contributed by atoms with E-state index in [1.165, 1.54) is 11.3 Å². The first-order chi connectivity index (χ1) is 6.68. The van der Waals surface area contributed by atoms with E-state index in [0.717, 1.165) is 10.7 Å². The molecule has 0 aliphatic heterocycles. The minimum absolute atomic E-state index is 0.312. The largest absolute Gasteiger partial charge is 0.295 e. The van der Waals surface area contributed by atoms with Gasteiger partial charge in [0.25, 0.3) is 5.24 Å². The van der Waals surface area contributed by atoms with Gasteiger partial charge in [0.15, 0.2) is 4.96 Å². The fourth-order valence-electron chi connectivity index (χ4n) is 0.989. The highest BCUT2D eigenvalue weighted by atomic mass is 35.5. The molecule has 2 aromatic heterocycles. The van der Waals surface area contributed by atoms with Gasteiger partial charge < -0.3 is 0 Å². The number of carbonyl (C=O) groups is 1. The molecule has 0 aliphatic rings. The van der Waals surface area contributed by atoms with Gasteiger partial charge in [-0.25, -0.2) is 4.98 Å². The molecule has 0 saturated heterocycles. The molecular weight excluding hydrogens is 247 g/mol. The molecule has 7 heteroatoms. The van der Waals surface area contributed by atoms with Crippen LogP contribution < -0.4 is 0 Å². The molecule has 2 rings (SSSR count). The molecule has 0 amide bonds.